The summed E-state index contributed by atoms with van der Waals surface area (Å²) in [5, 5.41) is 14.1. The molecule has 1 aliphatic heterocycles. The third-order valence-corrected chi connectivity index (χ3v) is 8.11. The summed E-state index contributed by atoms with van der Waals surface area (Å²) in [4.78, 5) is 39.6. The maximum absolute atomic E-state index is 13.5. The van der Waals surface area contributed by atoms with Gasteiger partial charge in [-0.15, -0.1) is 21.5 Å². The summed E-state index contributed by atoms with van der Waals surface area (Å²) in [6, 6.07) is 4.08. The van der Waals surface area contributed by atoms with Crippen molar-refractivity contribution in [1.29, 1.82) is 0 Å². The summed E-state index contributed by atoms with van der Waals surface area (Å²) in [5.74, 6) is -2.00. The van der Waals surface area contributed by atoms with Crippen molar-refractivity contribution in [3.8, 4) is 0 Å². The first-order valence-corrected chi connectivity index (χ1v) is 12.2. The predicted octanol–water partition coefficient (Wildman–Crippen LogP) is 3.80. The van der Waals surface area contributed by atoms with Crippen molar-refractivity contribution < 1.29 is 18.8 Å². The molecule has 8 nitrogen and oxygen atoms in total. The molecule has 174 valence electrons. The van der Waals surface area contributed by atoms with E-state index in [1.165, 1.54) is 29.5 Å². The van der Waals surface area contributed by atoms with Gasteiger partial charge in [0.2, 0.25) is 0 Å². The monoisotopic (exact) mass is 499 g/mol. The number of hydrogen-bond donors (Lipinski definition) is 2. The second-order valence-electron chi connectivity index (χ2n) is 9.12. The lowest BCUT2D eigenvalue weighted by Crippen LogP contribution is -2.39. The highest BCUT2D eigenvalue weighted by atomic mass is 35.5. The van der Waals surface area contributed by atoms with Gasteiger partial charge >= 0.3 is 0 Å². The molecule has 6 rings (SSSR count). The van der Waals surface area contributed by atoms with E-state index in [0.29, 0.717) is 52.7 Å². The second kappa shape index (κ2) is 7.44. The third kappa shape index (κ3) is 3.27. The maximum Gasteiger partial charge on any atom is 0.293 e. The Bertz CT molecular complexity index is 1380. The van der Waals surface area contributed by atoms with Gasteiger partial charge in [-0.05, 0) is 62.3 Å². The molecule has 3 aromatic rings. The average molecular weight is 500 g/mol. The van der Waals surface area contributed by atoms with Crippen molar-refractivity contribution in [1.82, 2.24) is 20.1 Å². The summed E-state index contributed by atoms with van der Waals surface area (Å²) in [7, 11) is 0. The van der Waals surface area contributed by atoms with Gasteiger partial charge in [0.05, 0.1) is 16.1 Å². The number of nitrogens with one attached hydrogen (secondary N) is 2. The number of hydrogen-bond acceptors (Lipinski definition) is 6. The lowest BCUT2D eigenvalue weighted by Gasteiger charge is -2.14. The van der Waals surface area contributed by atoms with Crippen LogP contribution in [0.25, 0.3) is 0 Å². The SMILES string of the molecule is Cc1c(C(=O)C(=O)NC2(c3nncs3)CC2)c2n(c1C(=O)Nc1ccc(F)c(Cl)c1)C1CC1C2. The van der Waals surface area contributed by atoms with Crippen LogP contribution in [0.2, 0.25) is 5.02 Å². The Labute approximate surface area is 202 Å². The fourth-order valence-electron chi connectivity index (χ4n) is 4.98. The van der Waals surface area contributed by atoms with Crippen LogP contribution in [0.15, 0.2) is 23.7 Å². The van der Waals surface area contributed by atoms with E-state index >= 15 is 0 Å². The highest BCUT2D eigenvalue weighted by Gasteiger charge is 2.52. The number of fused-ring (bicyclic) bond motifs is 3. The van der Waals surface area contributed by atoms with Crippen LogP contribution in [0.3, 0.4) is 0 Å². The third-order valence-electron chi connectivity index (χ3n) is 6.92. The van der Waals surface area contributed by atoms with Gasteiger partial charge in [-0.25, -0.2) is 4.39 Å². The van der Waals surface area contributed by atoms with E-state index in [1.807, 2.05) is 4.57 Å². The van der Waals surface area contributed by atoms with Crippen LogP contribution in [0.4, 0.5) is 10.1 Å². The molecule has 11 heteroatoms. The number of carbonyl (C=O) groups is 3. The largest absolute Gasteiger partial charge is 0.337 e. The molecule has 2 N–H and O–H groups in total. The zero-order valence-corrected chi connectivity index (χ0v) is 19.6. The number of halogens is 2. The number of nitrogens with zero attached hydrogens (tertiary/aromatic N) is 3. The Morgan fingerprint density at radius 3 is 2.76 bits per heavy atom. The maximum atomic E-state index is 13.5. The van der Waals surface area contributed by atoms with Gasteiger partial charge in [0.1, 0.15) is 22.0 Å². The second-order valence-corrected chi connectivity index (χ2v) is 10.4. The molecule has 2 amide bonds. The van der Waals surface area contributed by atoms with Crippen LogP contribution >= 0.6 is 22.9 Å². The van der Waals surface area contributed by atoms with Gasteiger partial charge in [-0.1, -0.05) is 11.6 Å². The molecular weight excluding hydrogens is 481 g/mol. The van der Waals surface area contributed by atoms with Crippen LogP contribution in [0.1, 0.15) is 62.4 Å². The summed E-state index contributed by atoms with van der Waals surface area (Å²) in [6.45, 7) is 1.69. The minimum absolute atomic E-state index is 0.103. The molecule has 3 aliphatic rings. The topological polar surface area (TPSA) is 106 Å². The smallest absolute Gasteiger partial charge is 0.293 e. The van der Waals surface area contributed by atoms with Crippen LogP contribution in [0, 0.1) is 18.7 Å². The van der Waals surface area contributed by atoms with Crippen molar-refractivity contribution in [3.05, 3.63) is 62.1 Å². The molecule has 0 bridgehead atoms. The number of benzene rings is 1. The van der Waals surface area contributed by atoms with Gasteiger partial charge in [-0.2, -0.15) is 0 Å². The van der Waals surface area contributed by atoms with Crippen molar-refractivity contribution in [2.45, 2.75) is 44.2 Å². The van der Waals surface area contributed by atoms with Crippen molar-refractivity contribution >= 4 is 46.2 Å². The molecule has 0 spiro atoms. The summed E-state index contributed by atoms with van der Waals surface area (Å²) in [6.07, 6.45) is 2.99. The van der Waals surface area contributed by atoms with Gasteiger partial charge < -0.3 is 15.2 Å². The highest BCUT2D eigenvalue weighted by Crippen LogP contribution is 2.54. The van der Waals surface area contributed by atoms with E-state index < -0.39 is 29.0 Å². The van der Waals surface area contributed by atoms with Gasteiger partial charge in [0.15, 0.2) is 0 Å². The molecule has 2 aromatic heterocycles. The van der Waals surface area contributed by atoms with Crippen molar-refractivity contribution in [2.75, 3.05) is 5.32 Å². The van der Waals surface area contributed by atoms with Gasteiger partial charge in [0.25, 0.3) is 17.6 Å². The molecular formula is C23H19ClFN5O3S. The lowest BCUT2D eigenvalue weighted by atomic mass is 10.0. The van der Waals surface area contributed by atoms with E-state index in [0.717, 1.165) is 12.1 Å². The molecule has 2 fully saturated rings. The number of rotatable bonds is 6. The van der Waals surface area contributed by atoms with E-state index in [4.69, 9.17) is 11.6 Å². The normalized spacial score (nSPS) is 20.9. The van der Waals surface area contributed by atoms with Crippen molar-refractivity contribution in [2.24, 2.45) is 5.92 Å². The Hall–Kier alpha value is -3.11. The van der Waals surface area contributed by atoms with E-state index in [1.54, 1.807) is 12.4 Å². The average Bonchev–Trinajstić information content (AvgIpc) is 3.59. The fourth-order valence-corrected chi connectivity index (χ4v) is 5.93. The van der Waals surface area contributed by atoms with E-state index in [2.05, 4.69) is 20.8 Å². The lowest BCUT2D eigenvalue weighted by molar-refractivity contribution is -0.118. The summed E-state index contributed by atoms with van der Waals surface area (Å²) in [5.41, 5.74) is 3.14. The number of amides is 2. The predicted molar refractivity (Wildman–Crippen MR) is 123 cm³/mol. The number of Topliss-reactive ketones (excluding diaryl/α,β-unsaturated/α-hetero) is 1. The Balaban J connectivity index is 1.31. The number of anilines is 1. The molecule has 34 heavy (non-hydrogen) atoms. The Kier molecular flexibility index (Phi) is 4.69. The number of aromatic nitrogens is 3. The first-order chi connectivity index (χ1) is 16.3. The van der Waals surface area contributed by atoms with Crippen LogP contribution in [-0.2, 0) is 16.8 Å². The minimum atomic E-state index is -0.706. The van der Waals surface area contributed by atoms with Crippen molar-refractivity contribution in [3.63, 3.8) is 0 Å². The first kappa shape index (κ1) is 21.4. The number of ketones is 1. The Morgan fingerprint density at radius 2 is 2.09 bits per heavy atom. The van der Waals surface area contributed by atoms with Gasteiger partial charge in [0, 0.05) is 17.4 Å². The fraction of sp³-hybridized carbons (Fsp3) is 0.348. The molecule has 1 aromatic carbocycles. The zero-order valence-electron chi connectivity index (χ0n) is 18.0. The molecule has 2 aliphatic carbocycles. The molecule has 3 heterocycles. The first-order valence-electron chi connectivity index (χ1n) is 10.9. The quantitative estimate of drug-likeness (QED) is 0.396. The van der Waals surface area contributed by atoms with Crippen LogP contribution < -0.4 is 10.6 Å². The molecule has 2 saturated carbocycles. The number of carbonyl (C=O) groups excluding carboxylic acids is 3. The molecule has 2 atom stereocenters. The minimum Gasteiger partial charge on any atom is -0.337 e. The molecule has 0 radical (unpaired) electrons. The highest BCUT2D eigenvalue weighted by molar-refractivity contribution is 7.09. The molecule has 2 unspecified atom stereocenters. The van der Waals surface area contributed by atoms with E-state index in [-0.39, 0.29) is 11.1 Å². The Morgan fingerprint density at radius 1 is 1.29 bits per heavy atom. The van der Waals surface area contributed by atoms with Gasteiger partial charge in [-0.3, -0.25) is 14.4 Å². The molecule has 0 saturated heterocycles. The van der Waals surface area contributed by atoms with E-state index in [9.17, 15) is 18.8 Å². The van der Waals surface area contributed by atoms with Crippen LogP contribution in [0.5, 0.6) is 0 Å². The zero-order chi connectivity index (χ0) is 23.8. The summed E-state index contributed by atoms with van der Waals surface area (Å²) < 4.78 is 15.4. The van der Waals surface area contributed by atoms with Crippen LogP contribution in [-0.4, -0.2) is 32.4 Å². The summed E-state index contributed by atoms with van der Waals surface area (Å²) >= 11 is 7.19. The standard InChI is InChI=1S/C23H19ClFN5O3S/c1-10-17(19(31)21(33)28-23(4-5-23)22-29-26-9-34-22)16-7-11-6-15(11)30(16)18(10)20(32)27-12-2-3-14(25)13(24)8-12/h2-3,8-9,11,15H,4-7H2,1H3,(H,27,32)(H,28,33).